The first-order chi connectivity index (χ1) is 12.3. The van der Waals surface area contributed by atoms with Crippen LogP contribution in [0, 0.1) is 0 Å². The highest BCUT2D eigenvalue weighted by Crippen LogP contribution is 2.33. The third-order valence-electron chi connectivity index (χ3n) is 3.91. The minimum Gasteiger partial charge on any atom is -0.496 e. The molecule has 7 heteroatoms. The Bertz CT molecular complexity index is 965. The quantitative estimate of drug-likeness (QED) is 0.558. The maximum Gasteiger partial charge on any atom is 0.137 e. The molecular weight excluding hydrogens is 318 g/mol. The van der Waals surface area contributed by atoms with Gasteiger partial charge in [0.2, 0.25) is 0 Å². The van der Waals surface area contributed by atoms with Crippen molar-refractivity contribution >= 4 is 0 Å². The first kappa shape index (κ1) is 15.1. The zero-order valence-electron chi connectivity index (χ0n) is 13.5. The van der Waals surface area contributed by atoms with Gasteiger partial charge in [-0.1, -0.05) is 29.4 Å². The molecule has 124 valence electrons. The highest BCUT2D eigenvalue weighted by molar-refractivity contribution is 5.75. The topological polar surface area (TPSA) is 78.9 Å². The molecule has 0 amide bonds. The van der Waals surface area contributed by atoms with Crippen LogP contribution in [-0.4, -0.2) is 32.2 Å². The van der Waals surface area contributed by atoms with Crippen LogP contribution >= 0.6 is 0 Å². The molecule has 0 aliphatic heterocycles. The van der Waals surface area contributed by atoms with Crippen molar-refractivity contribution in [2.75, 3.05) is 7.11 Å². The molecule has 0 radical (unpaired) electrons. The molecule has 2 aromatic heterocycles. The summed E-state index contributed by atoms with van der Waals surface area (Å²) < 4.78 is 12.0. The standard InChI is InChI=1S/C18H15N5O2/c1-24-18-6-5-13(10-23-12-19-11-20-23)7-16(18)14-3-2-4-15(8-14)17-9-21-25-22-17/h2-9,11-12H,10H2,1H3. The van der Waals surface area contributed by atoms with E-state index in [0.29, 0.717) is 12.2 Å². The van der Waals surface area contributed by atoms with Crippen molar-refractivity contribution in [3.63, 3.8) is 0 Å². The monoisotopic (exact) mass is 333 g/mol. The number of nitrogens with zero attached hydrogens (tertiary/aromatic N) is 5. The molecule has 0 N–H and O–H groups in total. The summed E-state index contributed by atoms with van der Waals surface area (Å²) in [4.78, 5) is 3.98. The average molecular weight is 333 g/mol. The van der Waals surface area contributed by atoms with E-state index >= 15 is 0 Å². The van der Waals surface area contributed by atoms with Crippen molar-refractivity contribution in [1.29, 1.82) is 0 Å². The predicted molar refractivity (Wildman–Crippen MR) is 90.8 cm³/mol. The normalized spacial score (nSPS) is 10.8. The first-order valence-electron chi connectivity index (χ1n) is 7.71. The van der Waals surface area contributed by atoms with Crippen molar-refractivity contribution in [2.24, 2.45) is 0 Å². The van der Waals surface area contributed by atoms with Gasteiger partial charge in [0.05, 0.1) is 19.9 Å². The zero-order chi connectivity index (χ0) is 17.1. The van der Waals surface area contributed by atoms with E-state index in [1.807, 2.05) is 36.4 Å². The van der Waals surface area contributed by atoms with E-state index in [4.69, 9.17) is 9.37 Å². The van der Waals surface area contributed by atoms with E-state index in [9.17, 15) is 0 Å². The van der Waals surface area contributed by atoms with Crippen LogP contribution in [-0.2, 0) is 6.54 Å². The highest BCUT2D eigenvalue weighted by Gasteiger charge is 2.10. The molecule has 0 saturated heterocycles. The van der Waals surface area contributed by atoms with Gasteiger partial charge < -0.3 is 4.74 Å². The lowest BCUT2D eigenvalue weighted by molar-refractivity contribution is 0.308. The number of ether oxygens (including phenoxy) is 1. The van der Waals surface area contributed by atoms with Gasteiger partial charge in [0, 0.05) is 11.1 Å². The van der Waals surface area contributed by atoms with E-state index in [0.717, 1.165) is 28.0 Å². The Morgan fingerprint density at radius 2 is 2.04 bits per heavy atom. The molecule has 0 aliphatic carbocycles. The van der Waals surface area contributed by atoms with Crippen LogP contribution in [0.25, 0.3) is 22.4 Å². The van der Waals surface area contributed by atoms with Gasteiger partial charge in [-0.05, 0) is 34.5 Å². The molecule has 0 bridgehead atoms. The van der Waals surface area contributed by atoms with Gasteiger partial charge in [-0.2, -0.15) is 5.10 Å². The number of benzene rings is 2. The lowest BCUT2D eigenvalue weighted by atomic mass is 9.99. The van der Waals surface area contributed by atoms with E-state index < -0.39 is 0 Å². The molecule has 2 heterocycles. The Hall–Kier alpha value is -3.48. The van der Waals surface area contributed by atoms with Crippen LogP contribution in [0.2, 0.25) is 0 Å². The van der Waals surface area contributed by atoms with Crippen molar-refractivity contribution in [3.05, 3.63) is 66.9 Å². The number of aromatic nitrogens is 5. The maximum atomic E-state index is 5.54. The molecule has 0 unspecified atom stereocenters. The molecule has 4 rings (SSSR count). The van der Waals surface area contributed by atoms with Crippen LogP contribution in [0.4, 0.5) is 0 Å². The Labute approximate surface area is 143 Å². The third kappa shape index (κ3) is 3.12. The molecule has 4 aromatic rings. The van der Waals surface area contributed by atoms with Gasteiger partial charge in [0.15, 0.2) is 0 Å². The molecule has 0 fully saturated rings. The minimum atomic E-state index is 0.643. The highest BCUT2D eigenvalue weighted by atomic mass is 16.6. The van der Waals surface area contributed by atoms with Crippen LogP contribution in [0.1, 0.15) is 5.56 Å². The second kappa shape index (κ2) is 6.56. The van der Waals surface area contributed by atoms with Gasteiger partial charge in [0.1, 0.15) is 24.1 Å². The summed E-state index contributed by atoms with van der Waals surface area (Å²) in [5, 5.41) is 11.7. The maximum absolute atomic E-state index is 5.54. The third-order valence-corrected chi connectivity index (χ3v) is 3.91. The Morgan fingerprint density at radius 1 is 1.12 bits per heavy atom. The number of hydrogen-bond acceptors (Lipinski definition) is 6. The Kier molecular flexibility index (Phi) is 3.96. The van der Waals surface area contributed by atoms with Gasteiger partial charge in [-0.15, -0.1) is 0 Å². The number of rotatable bonds is 5. The molecule has 0 aliphatic rings. The summed E-state index contributed by atoms with van der Waals surface area (Å²) in [6, 6.07) is 14.1. The van der Waals surface area contributed by atoms with Crippen LogP contribution < -0.4 is 4.74 Å². The van der Waals surface area contributed by atoms with E-state index in [2.05, 4.69) is 26.5 Å². The molecule has 0 saturated carbocycles. The van der Waals surface area contributed by atoms with Gasteiger partial charge in [0.25, 0.3) is 0 Å². The zero-order valence-corrected chi connectivity index (χ0v) is 13.5. The second-order valence-corrected chi connectivity index (χ2v) is 5.50. The summed E-state index contributed by atoms with van der Waals surface area (Å²) in [5.41, 5.74) is 4.76. The summed E-state index contributed by atoms with van der Waals surface area (Å²) >= 11 is 0. The van der Waals surface area contributed by atoms with Gasteiger partial charge in [-0.3, -0.25) is 0 Å². The fraction of sp³-hybridized carbons (Fsp3) is 0.111. The summed E-state index contributed by atoms with van der Waals surface area (Å²) in [7, 11) is 1.67. The van der Waals surface area contributed by atoms with Crippen molar-refractivity contribution in [3.8, 4) is 28.1 Å². The molecule has 0 spiro atoms. The van der Waals surface area contributed by atoms with Crippen molar-refractivity contribution in [1.82, 2.24) is 25.1 Å². The smallest absolute Gasteiger partial charge is 0.137 e. The van der Waals surface area contributed by atoms with Crippen LogP contribution in [0.5, 0.6) is 5.75 Å². The largest absolute Gasteiger partial charge is 0.496 e. The lowest BCUT2D eigenvalue weighted by Crippen LogP contribution is -2.00. The average Bonchev–Trinajstić information content (AvgIpc) is 3.36. The molecule has 25 heavy (non-hydrogen) atoms. The Morgan fingerprint density at radius 3 is 2.80 bits per heavy atom. The SMILES string of the molecule is COc1ccc(Cn2cncn2)cc1-c1cccc(-c2cnon2)c1. The Balaban J connectivity index is 1.74. The summed E-state index contributed by atoms with van der Waals surface area (Å²) in [6.45, 7) is 0.643. The number of methoxy groups -OCH3 is 1. The first-order valence-corrected chi connectivity index (χ1v) is 7.71. The molecule has 7 nitrogen and oxygen atoms in total. The van der Waals surface area contributed by atoms with E-state index in [-0.39, 0.29) is 0 Å². The molecular formula is C18H15N5O2. The van der Waals surface area contributed by atoms with E-state index in [1.165, 1.54) is 6.33 Å². The molecule has 2 aromatic carbocycles. The van der Waals surface area contributed by atoms with E-state index in [1.54, 1.807) is 24.3 Å². The summed E-state index contributed by atoms with van der Waals surface area (Å²) in [5.74, 6) is 0.803. The lowest BCUT2D eigenvalue weighted by Gasteiger charge is -2.12. The summed E-state index contributed by atoms with van der Waals surface area (Å²) in [6.07, 6.45) is 4.82. The van der Waals surface area contributed by atoms with Gasteiger partial charge in [-0.25, -0.2) is 14.3 Å². The van der Waals surface area contributed by atoms with Crippen molar-refractivity contribution < 1.29 is 9.37 Å². The van der Waals surface area contributed by atoms with Gasteiger partial charge >= 0.3 is 0 Å². The van der Waals surface area contributed by atoms with Crippen LogP contribution in [0.15, 0.2) is 65.9 Å². The fourth-order valence-electron chi connectivity index (χ4n) is 2.72. The number of hydrogen-bond donors (Lipinski definition) is 0. The van der Waals surface area contributed by atoms with Crippen molar-refractivity contribution in [2.45, 2.75) is 6.54 Å². The second-order valence-electron chi connectivity index (χ2n) is 5.50. The predicted octanol–water partition coefficient (Wildman–Crippen LogP) is 3.05. The fourth-order valence-corrected chi connectivity index (χ4v) is 2.72. The molecule has 0 atom stereocenters. The van der Waals surface area contributed by atoms with Crippen LogP contribution in [0.3, 0.4) is 0 Å². The minimum absolute atomic E-state index is 0.643.